The summed E-state index contributed by atoms with van der Waals surface area (Å²) in [4.78, 5) is 0. The molecule has 0 bridgehead atoms. The van der Waals surface area contributed by atoms with Gasteiger partial charge in [0.05, 0.1) is 0 Å². The Morgan fingerprint density at radius 2 is 1.76 bits per heavy atom. The molecule has 0 saturated heterocycles. The third-order valence-electron chi connectivity index (χ3n) is 3.62. The smallest absolute Gasteiger partial charge is 0.133 e. The summed E-state index contributed by atoms with van der Waals surface area (Å²) in [7, 11) is 0. The van der Waals surface area contributed by atoms with Gasteiger partial charge in [0.1, 0.15) is 11.5 Å². The zero-order valence-corrected chi connectivity index (χ0v) is 13.6. The number of ether oxygens (including phenoxy) is 1. The molecule has 0 saturated carbocycles. The van der Waals surface area contributed by atoms with Gasteiger partial charge in [0.25, 0.3) is 0 Å². The van der Waals surface area contributed by atoms with Crippen molar-refractivity contribution in [1.82, 2.24) is 0 Å². The summed E-state index contributed by atoms with van der Waals surface area (Å²) in [6, 6.07) is 12.1. The van der Waals surface area contributed by atoms with Gasteiger partial charge in [-0.3, -0.25) is 0 Å². The molecule has 2 N–H and O–H groups in total. The number of aryl methyl sites for hydroxylation is 2. The van der Waals surface area contributed by atoms with E-state index in [1.165, 1.54) is 0 Å². The van der Waals surface area contributed by atoms with Crippen molar-refractivity contribution in [3.05, 3.63) is 58.1 Å². The first kappa shape index (κ1) is 15.9. The molecule has 0 fully saturated rings. The van der Waals surface area contributed by atoms with E-state index in [9.17, 15) is 0 Å². The average molecular weight is 304 g/mol. The average Bonchev–Trinajstić information content (AvgIpc) is 2.44. The molecule has 0 amide bonds. The minimum absolute atomic E-state index is 0.155. The van der Waals surface area contributed by atoms with E-state index >= 15 is 0 Å². The standard InChI is InChI=1S/C18H22ClNO/c1-4-16(20)11-14-7-5-6-8-17(14)21-18-12(2)9-15(19)10-13(18)3/h5-10,16H,4,11,20H2,1-3H3. The van der Waals surface area contributed by atoms with Crippen LogP contribution in [0.4, 0.5) is 0 Å². The second kappa shape index (κ2) is 6.97. The van der Waals surface area contributed by atoms with Crippen LogP contribution in [-0.4, -0.2) is 6.04 Å². The Labute approximate surface area is 131 Å². The first-order valence-corrected chi connectivity index (χ1v) is 7.67. The third kappa shape index (κ3) is 3.99. The molecule has 3 heteroatoms. The highest BCUT2D eigenvalue weighted by atomic mass is 35.5. The Balaban J connectivity index is 2.32. The first-order valence-electron chi connectivity index (χ1n) is 7.29. The number of para-hydroxylation sites is 1. The van der Waals surface area contributed by atoms with E-state index in [4.69, 9.17) is 22.1 Å². The van der Waals surface area contributed by atoms with Crippen LogP contribution in [0.5, 0.6) is 11.5 Å². The lowest BCUT2D eigenvalue weighted by atomic mass is 10.0. The van der Waals surface area contributed by atoms with E-state index in [0.717, 1.165) is 46.1 Å². The maximum Gasteiger partial charge on any atom is 0.133 e. The molecule has 2 rings (SSSR count). The third-order valence-corrected chi connectivity index (χ3v) is 3.83. The number of hydrogen-bond acceptors (Lipinski definition) is 2. The van der Waals surface area contributed by atoms with E-state index in [1.54, 1.807) is 0 Å². The molecular formula is C18H22ClNO. The highest BCUT2D eigenvalue weighted by molar-refractivity contribution is 6.30. The van der Waals surface area contributed by atoms with E-state index in [1.807, 2.05) is 44.2 Å². The molecular weight excluding hydrogens is 282 g/mol. The second-order valence-electron chi connectivity index (χ2n) is 5.45. The van der Waals surface area contributed by atoms with Gasteiger partial charge in [0, 0.05) is 11.1 Å². The van der Waals surface area contributed by atoms with Crippen LogP contribution >= 0.6 is 11.6 Å². The summed E-state index contributed by atoms with van der Waals surface area (Å²) in [6.07, 6.45) is 1.77. The van der Waals surface area contributed by atoms with E-state index in [0.29, 0.717) is 0 Å². The van der Waals surface area contributed by atoms with Gasteiger partial charge in [-0.15, -0.1) is 0 Å². The fourth-order valence-corrected chi connectivity index (χ4v) is 2.69. The van der Waals surface area contributed by atoms with Gasteiger partial charge in [0.15, 0.2) is 0 Å². The van der Waals surface area contributed by atoms with Gasteiger partial charge in [0.2, 0.25) is 0 Å². The van der Waals surface area contributed by atoms with Crippen molar-refractivity contribution in [1.29, 1.82) is 0 Å². The number of halogens is 1. The minimum Gasteiger partial charge on any atom is -0.457 e. The Morgan fingerprint density at radius 3 is 2.38 bits per heavy atom. The van der Waals surface area contributed by atoms with Crippen LogP contribution in [0.2, 0.25) is 5.02 Å². The number of rotatable bonds is 5. The van der Waals surface area contributed by atoms with Gasteiger partial charge in [-0.25, -0.2) is 0 Å². The molecule has 1 atom stereocenters. The largest absolute Gasteiger partial charge is 0.457 e. The molecule has 0 aromatic heterocycles. The molecule has 0 aliphatic rings. The zero-order valence-electron chi connectivity index (χ0n) is 12.8. The van der Waals surface area contributed by atoms with Crippen molar-refractivity contribution >= 4 is 11.6 Å². The highest BCUT2D eigenvalue weighted by Crippen LogP contribution is 2.33. The Hall–Kier alpha value is -1.51. The van der Waals surface area contributed by atoms with Crippen molar-refractivity contribution in [2.24, 2.45) is 5.73 Å². The Bertz CT molecular complexity index is 601. The van der Waals surface area contributed by atoms with Gasteiger partial charge < -0.3 is 10.5 Å². The molecule has 1 unspecified atom stereocenters. The maximum absolute atomic E-state index is 6.16. The van der Waals surface area contributed by atoms with Crippen molar-refractivity contribution in [3.8, 4) is 11.5 Å². The Morgan fingerprint density at radius 1 is 1.14 bits per heavy atom. The molecule has 0 spiro atoms. The van der Waals surface area contributed by atoms with Crippen LogP contribution in [0.25, 0.3) is 0 Å². The topological polar surface area (TPSA) is 35.2 Å². The number of nitrogens with two attached hydrogens (primary N) is 1. The monoisotopic (exact) mass is 303 g/mol. The number of hydrogen-bond donors (Lipinski definition) is 1. The number of benzene rings is 2. The molecule has 0 heterocycles. The van der Waals surface area contributed by atoms with Crippen LogP contribution in [0, 0.1) is 13.8 Å². The highest BCUT2D eigenvalue weighted by Gasteiger charge is 2.11. The normalized spacial score (nSPS) is 12.2. The summed E-state index contributed by atoms with van der Waals surface area (Å²) >= 11 is 6.07. The van der Waals surface area contributed by atoms with E-state index < -0.39 is 0 Å². The fourth-order valence-electron chi connectivity index (χ4n) is 2.37. The quantitative estimate of drug-likeness (QED) is 0.841. The Kier molecular flexibility index (Phi) is 5.27. The van der Waals surface area contributed by atoms with Gasteiger partial charge >= 0.3 is 0 Å². The van der Waals surface area contributed by atoms with Crippen LogP contribution in [-0.2, 0) is 6.42 Å². The zero-order chi connectivity index (χ0) is 15.4. The molecule has 112 valence electrons. The van der Waals surface area contributed by atoms with Gasteiger partial charge in [-0.05, 0) is 61.6 Å². The molecule has 2 nitrogen and oxygen atoms in total. The lowest BCUT2D eigenvalue weighted by Gasteiger charge is -2.17. The van der Waals surface area contributed by atoms with Crippen molar-refractivity contribution in [2.75, 3.05) is 0 Å². The molecule has 0 radical (unpaired) electrons. The van der Waals surface area contributed by atoms with Crippen molar-refractivity contribution in [2.45, 2.75) is 39.7 Å². The summed E-state index contributed by atoms with van der Waals surface area (Å²) in [5.74, 6) is 1.74. The van der Waals surface area contributed by atoms with Crippen LogP contribution < -0.4 is 10.5 Å². The molecule has 21 heavy (non-hydrogen) atoms. The van der Waals surface area contributed by atoms with Crippen molar-refractivity contribution in [3.63, 3.8) is 0 Å². The van der Waals surface area contributed by atoms with Crippen LogP contribution in [0.1, 0.15) is 30.0 Å². The lowest BCUT2D eigenvalue weighted by Crippen LogP contribution is -2.21. The fraction of sp³-hybridized carbons (Fsp3) is 0.333. The van der Waals surface area contributed by atoms with Gasteiger partial charge in [-0.2, -0.15) is 0 Å². The summed E-state index contributed by atoms with van der Waals surface area (Å²) in [5.41, 5.74) is 9.29. The van der Waals surface area contributed by atoms with Crippen LogP contribution in [0.15, 0.2) is 36.4 Å². The second-order valence-corrected chi connectivity index (χ2v) is 5.89. The van der Waals surface area contributed by atoms with Gasteiger partial charge in [-0.1, -0.05) is 36.7 Å². The predicted octanol–water partition coefficient (Wildman–Crippen LogP) is 5.03. The summed E-state index contributed by atoms with van der Waals surface area (Å²) in [6.45, 7) is 6.12. The lowest BCUT2D eigenvalue weighted by molar-refractivity contribution is 0.465. The predicted molar refractivity (Wildman–Crippen MR) is 89.4 cm³/mol. The van der Waals surface area contributed by atoms with Crippen LogP contribution in [0.3, 0.4) is 0 Å². The first-order chi connectivity index (χ1) is 10.0. The molecule has 0 aliphatic heterocycles. The maximum atomic E-state index is 6.16. The molecule has 2 aromatic rings. The SMILES string of the molecule is CCC(N)Cc1ccccc1Oc1c(C)cc(Cl)cc1C. The molecule has 2 aromatic carbocycles. The van der Waals surface area contributed by atoms with Crippen molar-refractivity contribution < 1.29 is 4.74 Å². The van der Waals surface area contributed by atoms with E-state index in [2.05, 4.69) is 13.0 Å². The summed E-state index contributed by atoms with van der Waals surface area (Å²) in [5, 5.41) is 0.735. The summed E-state index contributed by atoms with van der Waals surface area (Å²) < 4.78 is 6.16. The molecule has 0 aliphatic carbocycles. The minimum atomic E-state index is 0.155. The van der Waals surface area contributed by atoms with E-state index in [-0.39, 0.29) is 6.04 Å².